The molecular weight excluding hydrogens is 248 g/mol. The maximum absolute atomic E-state index is 12.0. The number of ether oxygens (including phenoxy) is 1. The second kappa shape index (κ2) is 8.23. The van der Waals surface area contributed by atoms with Gasteiger partial charge in [0.25, 0.3) is 5.91 Å². The average Bonchev–Trinajstić information content (AvgIpc) is 2.40. The highest BCUT2D eigenvalue weighted by Gasteiger charge is 2.16. The van der Waals surface area contributed by atoms with Crippen LogP contribution in [0.5, 0.6) is 0 Å². The molecule has 0 spiro atoms. The van der Waals surface area contributed by atoms with Gasteiger partial charge in [0, 0.05) is 18.8 Å². The normalized spacial score (nSPS) is 10.2. The van der Waals surface area contributed by atoms with Crippen LogP contribution in [0.1, 0.15) is 6.42 Å². The molecule has 0 fully saturated rings. The third-order valence-corrected chi connectivity index (χ3v) is 2.41. The van der Waals surface area contributed by atoms with Crippen LogP contribution in [-0.4, -0.2) is 43.3 Å². The van der Waals surface area contributed by atoms with Crippen LogP contribution < -0.4 is 10.6 Å². The second-order valence-corrected chi connectivity index (χ2v) is 3.87. The van der Waals surface area contributed by atoms with Crippen LogP contribution in [0.3, 0.4) is 0 Å². The number of hydrogen-bond acceptors (Lipinski definition) is 4. The molecule has 104 valence electrons. The highest BCUT2D eigenvalue weighted by atomic mass is 16.5. The molecule has 0 unspecified atom stereocenters. The van der Waals surface area contributed by atoms with Crippen molar-refractivity contribution < 1.29 is 19.4 Å². The van der Waals surface area contributed by atoms with Gasteiger partial charge in [-0.1, -0.05) is 18.2 Å². The highest BCUT2D eigenvalue weighted by molar-refractivity contribution is 5.94. The number of para-hydroxylation sites is 1. The number of benzene rings is 1. The summed E-state index contributed by atoms with van der Waals surface area (Å²) in [5, 5.41) is 8.72. The molecule has 3 N–H and O–H groups in total. The lowest BCUT2D eigenvalue weighted by Gasteiger charge is -2.22. The number of rotatable bonds is 8. The summed E-state index contributed by atoms with van der Waals surface area (Å²) in [6.07, 6.45) is -0.114. The molecule has 1 aromatic rings. The lowest BCUT2D eigenvalue weighted by molar-refractivity contribution is -0.136. The molecule has 6 nitrogen and oxygen atoms in total. The SMILES string of the molecule is NCCOCC(=O)N(CCC(=O)O)c1ccccc1. The molecule has 0 aliphatic heterocycles. The van der Waals surface area contributed by atoms with E-state index in [2.05, 4.69) is 0 Å². The minimum atomic E-state index is -0.948. The molecule has 0 bridgehead atoms. The van der Waals surface area contributed by atoms with Crippen LogP contribution in [0.2, 0.25) is 0 Å². The zero-order chi connectivity index (χ0) is 14.1. The van der Waals surface area contributed by atoms with Crippen molar-refractivity contribution >= 4 is 17.6 Å². The summed E-state index contributed by atoms with van der Waals surface area (Å²) in [5.74, 6) is -1.22. The van der Waals surface area contributed by atoms with Crippen molar-refractivity contribution in [1.82, 2.24) is 0 Å². The number of nitrogens with zero attached hydrogens (tertiary/aromatic N) is 1. The maximum atomic E-state index is 12.0. The van der Waals surface area contributed by atoms with Crippen molar-refractivity contribution in [3.63, 3.8) is 0 Å². The van der Waals surface area contributed by atoms with Gasteiger partial charge in [0.05, 0.1) is 13.0 Å². The van der Waals surface area contributed by atoms with Crippen molar-refractivity contribution in [3.05, 3.63) is 30.3 Å². The molecule has 1 amide bonds. The number of carbonyl (C=O) groups is 2. The van der Waals surface area contributed by atoms with E-state index < -0.39 is 5.97 Å². The fraction of sp³-hybridized carbons (Fsp3) is 0.385. The largest absolute Gasteiger partial charge is 0.481 e. The van der Waals surface area contributed by atoms with E-state index in [1.807, 2.05) is 6.07 Å². The standard InChI is InChI=1S/C13H18N2O4/c14-7-9-19-10-12(16)15(8-6-13(17)18)11-4-2-1-3-5-11/h1-5H,6-10,14H2,(H,17,18). The molecule has 0 aromatic heterocycles. The van der Waals surface area contributed by atoms with Gasteiger partial charge < -0.3 is 20.5 Å². The molecule has 0 radical (unpaired) electrons. The minimum Gasteiger partial charge on any atom is -0.481 e. The Morgan fingerprint density at radius 3 is 2.53 bits per heavy atom. The minimum absolute atomic E-state index is 0.105. The Bertz CT molecular complexity index is 408. The predicted octanol–water partition coefficient (Wildman–Crippen LogP) is 0.470. The molecule has 19 heavy (non-hydrogen) atoms. The van der Waals surface area contributed by atoms with Gasteiger partial charge >= 0.3 is 5.97 Å². The quantitative estimate of drug-likeness (QED) is 0.667. The fourth-order valence-corrected chi connectivity index (χ4v) is 1.53. The lowest BCUT2D eigenvalue weighted by atomic mass is 10.2. The topological polar surface area (TPSA) is 92.9 Å². The summed E-state index contributed by atoms with van der Waals surface area (Å²) in [6.45, 7) is 0.650. The highest BCUT2D eigenvalue weighted by Crippen LogP contribution is 2.14. The molecule has 1 aromatic carbocycles. The smallest absolute Gasteiger partial charge is 0.305 e. The number of aliphatic carboxylic acids is 1. The van der Waals surface area contributed by atoms with Crippen molar-refractivity contribution in [2.45, 2.75) is 6.42 Å². The number of anilines is 1. The first kappa shape index (κ1) is 15.1. The van der Waals surface area contributed by atoms with E-state index in [4.69, 9.17) is 15.6 Å². The average molecular weight is 266 g/mol. The van der Waals surface area contributed by atoms with E-state index in [9.17, 15) is 9.59 Å². The molecule has 0 aliphatic rings. The Labute approximate surface area is 111 Å². The van der Waals surface area contributed by atoms with E-state index in [1.165, 1.54) is 4.90 Å². The number of amides is 1. The van der Waals surface area contributed by atoms with Gasteiger partial charge in [0.2, 0.25) is 0 Å². The van der Waals surface area contributed by atoms with Gasteiger partial charge in [0.1, 0.15) is 6.61 Å². The molecule has 0 saturated heterocycles. The summed E-state index contributed by atoms with van der Waals surface area (Å²) >= 11 is 0. The van der Waals surface area contributed by atoms with E-state index >= 15 is 0 Å². The molecular formula is C13H18N2O4. The third-order valence-electron chi connectivity index (χ3n) is 2.41. The van der Waals surface area contributed by atoms with E-state index in [0.29, 0.717) is 18.8 Å². The Hall–Kier alpha value is -1.92. The number of carbonyl (C=O) groups excluding carboxylic acids is 1. The molecule has 6 heteroatoms. The fourth-order valence-electron chi connectivity index (χ4n) is 1.53. The first-order chi connectivity index (χ1) is 9.15. The van der Waals surface area contributed by atoms with Crippen LogP contribution in [0, 0.1) is 0 Å². The van der Waals surface area contributed by atoms with Crippen LogP contribution in [0.25, 0.3) is 0 Å². The lowest BCUT2D eigenvalue weighted by Crippen LogP contribution is -2.36. The molecule has 0 saturated carbocycles. The van der Waals surface area contributed by atoms with Crippen molar-refractivity contribution in [3.8, 4) is 0 Å². The summed E-state index contributed by atoms with van der Waals surface area (Å²) in [4.78, 5) is 24.0. The van der Waals surface area contributed by atoms with E-state index in [0.717, 1.165) is 0 Å². The van der Waals surface area contributed by atoms with Gasteiger partial charge in [-0.15, -0.1) is 0 Å². The van der Waals surface area contributed by atoms with Crippen LogP contribution >= 0.6 is 0 Å². The summed E-state index contributed by atoms with van der Waals surface area (Å²) in [5.41, 5.74) is 5.93. The van der Waals surface area contributed by atoms with Gasteiger partial charge in [-0.2, -0.15) is 0 Å². The number of hydrogen-bond donors (Lipinski definition) is 2. The van der Waals surface area contributed by atoms with Crippen LogP contribution in [-0.2, 0) is 14.3 Å². The molecule has 0 aliphatic carbocycles. The molecule has 1 rings (SSSR count). The van der Waals surface area contributed by atoms with Crippen LogP contribution in [0.15, 0.2) is 30.3 Å². The van der Waals surface area contributed by atoms with Gasteiger partial charge in [-0.05, 0) is 12.1 Å². The van der Waals surface area contributed by atoms with Crippen LogP contribution in [0.4, 0.5) is 5.69 Å². The zero-order valence-corrected chi connectivity index (χ0v) is 10.6. The maximum Gasteiger partial charge on any atom is 0.305 e. The van der Waals surface area contributed by atoms with Crippen molar-refractivity contribution in [2.75, 3.05) is 31.2 Å². The Morgan fingerprint density at radius 2 is 1.95 bits per heavy atom. The number of nitrogens with two attached hydrogens (primary N) is 1. The predicted molar refractivity (Wildman–Crippen MR) is 70.9 cm³/mol. The van der Waals surface area contributed by atoms with Gasteiger partial charge in [0.15, 0.2) is 0 Å². The van der Waals surface area contributed by atoms with Crippen molar-refractivity contribution in [2.24, 2.45) is 5.73 Å². The van der Waals surface area contributed by atoms with E-state index in [-0.39, 0.29) is 25.5 Å². The van der Waals surface area contributed by atoms with Gasteiger partial charge in [-0.3, -0.25) is 9.59 Å². The third kappa shape index (κ3) is 5.50. The summed E-state index contributed by atoms with van der Waals surface area (Å²) < 4.78 is 5.09. The van der Waals surface area contributed by atoms with Gasteiger partial charge in [-0.25, -0.2) is 0 Å². The number of carboxylic acids is 1. The zero-order valence-electron chi connectivity index (χ0n) is 10.6. The summed E-state index contributed by atoms with van der Waals surface area (Å²) in [6, 6.07) is 8.91. The monoisotopic (exact) mass is 266 g/mol. The van der Waals surface area contributed by atoms with E-state index in [1.54, 1.807) is 24.3 Å². The van der Waals surface area contributed by atoms with Crippen molar-refractivity contribution in [1.29, 1.82) is 0 Å². The molecule has 0 atom stereocenters. The first-order valence-electron chi connectivity index (χ1n) is 6.00. The second-order valence-electron chi connectivity index (χ2n) is 3.87. The Kier molecular flexibility index (Phi) is 6.56. The first-order valence-corrected chi connectivity index (χ1v) is 6.00. The number of carboxylic acid groups (broad SMARTS) is 1. The molecule has 0 heterocycles. The Balaban J connectivity index is 2.69. The summed E-state index contributed by atoms with van der Waals surface area (Å²) in [7, 11) is 0. The Morgan fingerprint density at radius 1 is 1.26 bits per heavy atom.